The van der Waals surface area contributed by atoms with E-state index in [1.54, 1.807) is 0 Å². The van der Waals surface area contributed by atoms with Gasteiger partial charge in [-0.25, -0.2) is 0 Å². The maximum Gasteiger partial charge on any atom is 0.308 e. The van der Waals surface area contributed by atoms with Crippen LogP contribution in [0.1, 0.15) is 25.3 Å². The molecule has 120 valence electrons. The molecular weight excluding hydrogens is 280 g/mol. The summed E-state index contributed by atoms with van der Waals surface area (Å²) < 4.78 is 4.77. The molecule has 5 heteroatoms. The number of amides is 1. The van der Waals surface area contributed by atoms with Gasteiger partial charge in [0.2, 0.25) is 5.91 Å². The van der Waals surface area contributed by atoms with Crippen molar-refractivity contribution < 1.29 is 14.3 Å². The molecule has 1 aromatic rings. The zero-order valence-corrected chi connectivity index (χ0v) is 13.3. The van der Waals surface area contributed by atoms with Gasteiger partial charge in [0, 0.05) is 5.69 Å². The van der Waals surface area contributed by atoms with Gasteiger partial charge in [-0.3, -0.25) is 14.5 Å². The summed E-state index contributed by atoms with van der Waals surface area (Å²) in [5.74, 6) is -0.163. The SMILES string of the molecule is CCc1ccccc1NC(=O)CN1CCC(C(=O)OC)CC1. The molecule has 0 spiro atoms. The molecule has 1 saturated heterocycles. The van der Waals surface area contributed by atoms with E-state index in [2.05, 4.69) is 17.1 Å². The van der Waals surface area contributed by atoms with Gasteiger partial charge in [-0.2, -0.15) is 0 Å². The zero-order chi connectivity index (χ0) is 15.9. The highest BCUT2D eigenvalue weighted by molar-refractivity contribution is 5.93. The van der Waals surface area contributed by atoms with Gasteiger partial charge in [0.15, 0.2) is 0 Å². The van der Waals surface area contributed by atoms with Gasteiger partial charge in [-0.05, 0) is 44.0 Å². The lowest BCUT2D eigenvalue weighted by Gasteiger charge is -2.30. The van der Waals surface area contributed by atoms with Crippen LogP contribution in [0.25, 0.3) is 0 Å². The topological polar surface area (TPSA) is 58.6 Å². The Bertz CT molecular complexity index is 522. The average molecular weight is 304 g/mol. The largest absolute Gasteiger partial charge is 0.469 e. The molecule has 0 radical (unpaired) electrons. The fourth-order valence-corrected chi connectivity index (χ4v) is 2.84. The molecule has 1 aromatic carbocycles. The summed E-state index contributed by atoms with van der Waals surface area (Å²) in [5, 5.41) is 2.98. The highest BCUT2D eigenvalue weighted by Crippen LogP contribution is 2.19. The molecule has 22 heavy (non-hydrogen) atoms. The normalized spacial score (nSPS) is 16.3. The smallest absolute Gasteiger partial charge is 0.308 e. The van der Waals surface area contributed by atoms with Gasteiger partial charge in [0.25, 0.3) is 0 Å². The Morgan fingerprint density at radius 3 is 2.59 bits per heavy atom. The number of rotatable bonds is 5. The van der Waals surface area contributed by atoms with Gasteiger partial charge >= 0.3 is 5.97 Å². The van der Waals surface area contributed by atoms with Crippen LogP contribution in [0.15, 0.2) is 24.3 Å². The Kier molecular flexibility index (Phi) is 5.95. The van der Waals surface area contributed by atoms with E-state index in [4.69, 9.17) is 4.74 Å². The number of esters is 1. The lowest BCUT2D eigenvalue weighted by atomic mass is 9.97. The van der Waals surface area contributed by atoms with Crippen LogP contribution in [0.3, 0.4) is 0 Å². The monoisotopic (exact) mass is 304 g/mol. The second-order valence-corrected chi connectivity index (χ2v) is 5.63. The number of anilines is 1. The molecule has 1 N–H and O–H groups in total. The van der Waals surface area contributed by atoms with Crippen LogP contribution in [-0.4, -0.2) is 43.5 Å². The van der Waals surface area contributed by atoms with E-state index < -0.39 is 0 Å². The number of carbonyl (C=O) groups excluding carboxylic acids is 2. The molecule has 1 aliphatic rings. The summed E-state index contributed by atoms with van der Waals surface area (Å²) in [6.07, 6.45) is 2.40. The molecular formula is C17H24N2O3. The second kappa shape index (κ2) is 7.94. The third-order valence-corrected chi connectivity index (χ3v) is 4.16. The Balaban J connectivity index is 1.82. The van der Waals surface area contributed by atoms with Crippen molar-refractivity contribution in [1.82, 2.24) is 4.90 Å². The van der Waals surface area contributed by atoms with E-state index in [0.717, 1.165) is 43.6 Å². The molecule has 1 aliphatic heterocycles. The number of ether oxygens (including phenoxy) is 1. The second-order valence-electron chi connectivity index (χ2n) is 5.63. The maximum atomic E-state index is 12.2. The first-order chi connectivity index (χ1) is 10.6. The Hall–Kier alpha value is -1.88. The van der Waals surface area contributed by atoms with Crippen LogP contribution in [0.5, 0.6) is 0 Å². The third kappa shape index (κ3) is 4.31. The summed E-state index contributed by atoms with van der Waals surface area (Å²) in [4.78, 5) is 25.8. The van der Waals surface area contributed by atoms with Gasteiger partial charge in [-0.1, -0.05) is 25.1 Å². The van der Waals surface area contributed by atoms with Gasteiger partial charge < -0.3 is 10.1 Å². The van der Waals surface area contributed by atoms with Crippen molar-refractivity contribution in [3.63, 3.8) is 0 Å². The number of hydrogen-bond acceptors (Lipinski definition) is 4. The van der Waals surface area contributed by atoms with E-state index in [9.17, 15) is 9.59 Å². The van der Waals surface area contributed by atoms with E-state index in [1.165, 1.54) is 7.11 Å². The molecule has 0 atom stereocenters. The van der Waals surface area contributed by atoms with Crippen molar-refractivity contribution in [1.29, 1.82) is 0 Å². The molecule has 0 saturated carbocycles. The van der Waals surface area contributed by atoms with Crippen LogP contribution >= 0.6 is 0 Å². The number of hydrogen-bond donors (Lipinski definition) is 1. The summed E-state index contributed by atoms with van der Waals surface area (Å²) in [5.41, 5.74) is 2.03. The van der Waals surface area contributed by atoms with Crippen molar-refractivity contribution in [2.24, 2.45) is 5.92 Å². The van der Waals surface area contributed by atoms with Crippen molar-refractivity contribution in [2.45, 2.75) is 26.2 Å². The highest BCUT2D eigenvalue weighted by atomic mass is 16.5. The summed E-state index contributed by atoms with van der Waals surface area (Å²) in [7, 11) is 1.42. The number of methoxy groups -OCH3 is 1. The van der Waals surface area contributed by atoms with Crippen molar-refractivity contribution >= 4 is 17.6 Å². The van der Waals surface area contributed by atoms with E-state index >= 15 is 0 Å². The minimum Gasteiger partial charge on any atom is -0.469 e. The Morgan fingerprint density at radius 1 is 1.27 bits per heavy atom. The van der Waals surface area contributed by atoms with Crippen molar-refractivity contribution in [2.75, 3.05) is 32.1 Å². The van der Waals surface area contributed by atoms with Crippen LogP contribution in [0, 0.1) is 5.92 Å². The van der Waals surface area contributed by atoms with E-state index in [1.807, 2.05) is 24.3 Å². The lowest BCUT2D eigenvalue weighted by Crippen LogP contribution is -2.41. The number of carbonyl (C=O) groups is 2. The van der Waals surface area contributed by atoms with Crippen LogP contribution in [-0.2, 0) is 20.7 Å². The summed E-state index contributed by atoms with van der Waals surface area (Å²) >= 11 is 0. The van der Waals surface area contributed by atoms with Crippen LogP contribution in [0.2, 0.25) is 0 Å². The number of nitrogens with zero attached hydrogens (tertiary/aromatic N) is 1. The number of likely N-dealkylation sites (tertiary alicyclic amines) is 1. The number of aryl methyl sites for hydroxylation is 1. The fraction of sp³-hybridized carbons (Fsp3) is 0.529. The molecule has 1 fully saturated rings. The summed E-state index contributed by atoms with van der Waals surface area (Å²) in [6.45, 7) is 3.94. The predicted octanol–water partition coefficient (Wildman–Crippen LogP) is 2.07. The van der Waals surface area contributed by atoms with Crippen LogP contribution < -0.4 is 5.32 Å². The number of benzene rings is 1. The number of nitrogens with one attached hydrogen (secondary N) is 1. The zero-order valence-electron chi connectivity index (χ0n) is 13.3. The average Bonchev–Trinajstić information content (AvgIpc) is 2.55. The number of para-hydroxylation sites is 1. The third-order valence-electron chi connectivity index (χ3n) is 4.16. The Morgan fingerprint density at radius 2 is 1.95 bits per heavy atom. The molecule has 0 bridgehead atoms. The first-order valence-electron chi connectivity index (χ1n) is 7.82. The fourth-order valence-electron chi connectivity index (χ4n) is 2.84. The van der Waals surface area contributed by atoms with Crippen molar-refractivity contribution in [3.8, 4) is 0 Å². The highest BCUT2D eigenvalue weighted by Gasteiger charge is 2.26. The maximum absolute atomic E-state index is 12.2. The Labute approximate surface area is 131 Å². The van der Waals surface area contributed by atoms with Crippen LogP contribution in [0.4, 0.5) is 5.69 Å². The molecule has 2 rings (SSSR count). The van der Waals surface area contributed by atoms with Gasteiger partial charge in [-0.15, -0.1) is 0 Å². The molecule has 1 amide bonds. The minimum absolute atomic E-state index is 0.00239. The number of piperidine rings is 1. The molecule has 1 heterocycles. The lowest BCUT2D eigenvalue weighted by molar-refractivity contribution is -0.147. The quantitative estimate of drug-likeness (QED) is 0.846. The van der Waals surface area contributed by atoms with Gasteiger partial charge in [0.05, 0.1) is 19.6 Å². The van der Waals surface area contributed by atoms with Crippen molar-refractivity contribution in [3.05, 3.63) is 29.8 Å². The standard InChI is InChI=1S/C17H24N2O3/c1-3-13-6-4-5-7-15(13)18-16(20)12-19-10-8-14(9-11-19)17(21)22-2/h4-7,14H,3,8-12H2,1-2H3,(H,18,20). The van der Waals surface area contributed by atoms with Gasteiger partial charge in [0.1, 0.15) is 0 Å². The first-order valence-corrected chi connectivity index (χ1v) is 7.82. The molecule has 0 unspecified atom stereocenters. The molecule has 0 aromatic heterocycles. The summed E-state index contributed by atoms with van der Waals surface area (Å²) in [6, 6.07) is 7.86. The minimum atomic E-state index is -0.138. The van der Waals surface area contributed by atoms with E-state index in [-0.39, 0.29) is 17.8 Å². The first kappa shape index (κ1) is 16.5. The van der Waals surface area contributed by atoms with E-state index in [0.29, 0.717) is 6.54 Å². The molecule has 0 aliphatic carbocycles. The predicted molar refractivity (Wildman–Crippen MR) is 85.6 cm³/mol. The molecule has 5 nitrogen and oxygen atoms in total.